The fraction of sp³-hybridized carbons (Fsp3) is 0.727. The molecular formula is C11H18N2OS. The molecule has 0 amide bonds. The molecular weight excluding hydrogens is 208 g/mol. The van der Waals surface area contributed by atoms with Crippen LogP contribution in [0.25, 0.3) is 0 Å². The number of thiazole rings is 1. The summed E-state index contributed by atoms with van der Waals surface area (Å²) in [5, 5.41) is 3.18. The lowest BCUT2D eigenvalue weighted by Gasteiger charge is -2.15. The molecule has 2 rings (SSSR count). The van der Waals surface area contributed by atoms with Crippen LogP contribution in [-0.2, 0) is 16.8 Å². The van der Waals surface area contributed by atoms with Crippen LogP contribution in [0.5, 0.6) is 0 Å². The van der Waals surface area contributed by atoms with Crippen molar-refractivity contribution in [3.63, 3.8) is 0 Å². The van der Waals surface area contributed by atoms with Crippen LogP contribution in [0, 0.1) is 5.41 Å². The Labute approximate surface area is 94.7 Å². The van der Waals surface area contributed by atoms with Crippen molar-refractivity contribution in [3.8, 4) is 0 Å². The summed E-state index contributed by atoms with van der Waals surface area (Å²) in [5.74, 6) is 0. The predicted octanol–water partition coefficient (Wildman–Crippen LogP) is 1.92. The zero-order chi connectivity index (χ0) is 11.1. The quantitative estimate of drug-likeness (QED) is 0.853. The van der Waals surface area contributed by atoms with Gasteiger partial charge in [-0.3, -0.25) is 0 Å². The smallest absolute Gasteiger partial charge is 0.119 e. The normalized spacial score (nSPS) is 28.0. The van der Waals surface area contributed by atoms with E-state index >= 15 is 0 Å². The van der Waals surface area contributed by atoms with Crippen molar-refractivity contribution >= 4 is 11.3 Å². The maximum atomic E-state index is 5.89. The molecule has 4 heteroatoms. The summed E-state index contributed by atoms with van der Waals surface area (Å²) < 4.78 is 5.08. The van der Waals surface area contributed by atoms with E-state index in [0.717, 1.165) is 17.1 Å². The van der Waals surface area contributed by atoms with Crippen LogP contribution in [0.2, 0.25) is 0 Å². The number of ether oxygens (including phenoxy) is 1. The third-order valence-corrected chi connectivity index (χ3v) is 4.39. The summed E-state index contributed by atoms with van der Waals surface area (Å²) in [6.45, 7) is 5.81. The summed E-state index contributed by atoms with van der Waals surface area (Å²) in [4.78, 5) is 4.61. The van der Waals surface area contributed by atoms with Gasteiger partial charge >= 0.3 is 0 Å². The maximum Gasteiger partial charge on any atom is 0.119 e. The molecule has 84 valence electrons. The number of aromatic nitrogens is 1. The highest BCUT2D eigenvalue weighted by Gasteiger charge is 2.62. The zero-order valence-corrected chi connectivity index (χ0v) is 10.4. The molecule has 3 nitrogen and oxygen atoms in total. The predicted molar refractivity (Wildman–Crippen MR) is 62.0 cm³/mol. The van der Waals surface area contributed by atoms with Gasteiger partial charge in [-0.25, -0.2) is 4.98 Å². The fourth-order valence-electron chi connectivity index (χ4n) is 2.32. The second-order valence-electron chi connectivity index (χ2n) is 4.91. The SMILES string of the molecule is COCc1nc(C2(CN)CC2(C)C)cs1. The zero-order valence-electron chi connectivity index (χ0n) is 9.54. The number of nitrogens with zero attached hydrogens (tertiary/aromatic N) is 1. The summed E-state index contributed by atoms with van der Waals surface area (Å²) in [6, 6.07) is 0. The van der Waals surface area contributed by atoms with E-state index in [2.05, 4.69) is 24.2 Å². The van der Waals surface area contributed by atoms with Crippen molar-refractivity contribution in [1.82, 2.24) is 4.98 Å². The van der Waals surface area contributed by atoms with E-state index in [-0.39, 0.29) is 5.41 Å². The number of nitrogens with two attached hydrogens (primary N) is 1. The van der Waals surface area contributed by atoms with Gasteiger partial charge in [0.15, 0.2) is 0 Å². The van der Waals surface area contributed by atoms with Gasteiger partial charge < -0.3 is 10.5 Å². The molecule has 1 atom stereocenters. The minimum absolute atomic E-state index is 0.121. The molecule has 1 aliphatic carbocycles. The molecule has 1 heterocycles. The number of hydrogen-bond acceptors (Lipinski definition) is 4. The second-order valence-corrected chi connectivity index (χ2v) is 5.85. The van der Waals surface area contributed by atoms with Crippen molar-refractivity contribution in [1.29, 1.82) is 0 Å². The van der Waals surface area contributed by atoms with Crippen molar-refractivity contribution in [3.05, 3.63) is 16.1 Å². The Kier molecular flexibility index (Phi) is 2.61. The molecule has 0 saturated heterocycles. The van der Waals surface area contributed by atoms with E-state index in [9.17, 15) is 0 Å². The third-order valence-electron chi connectivity index (χ3n) is 3.57. The molecule has 0 spiro atoms. The monoisotopic (exact) mass is 226 g/mol. The summed E-state index contributed by atoms with van der Waals surface area (Å²) >= 11 is 1.67. The van der Waals surface area contributed by atoms with Crippen molar-refractivity contribution in [2.24, 2.45) is 11.1 Å². The first-order valence-electron chi connectivity index (χ1n) is 5.20. The molecule has 1 aliphatic rings. The average Bonchev–Trinajstić information content (AvgIpc) is 2.59. The van der Waals surface area contributed by atoms with E-state index in [1.165, 1.54) is 0 Å². The van der Waals surface area contributed by atoms with Crippen LogP contribution in [0.3, 0.4) is 0 Å². The van der Waals surface area contributed by atoms with Crippen molar-refractivity contribution in [2.45, 2.75) is 32.3 Å². The lowest BCUT2D eigenvalue weighted by molar-refractivity contribution is 0.184. The van der Waals surface area contributed by atoms with Gasteiger partial charge in [0.25, 0.3) is 0 Å². The molecule has 0 aromatic carbocycles. The molecule has 0 bridgehead atoms. The van der Waals surface area contributed by atoms with E-state index in [1.54, 1.807) is 18.4 Å². The van der Waals surface area contributed by atoms with Gasteiger partial charge in [0.05, 0.1) is 12.3 Å². The lowest BCUT2D eigenvalue weighted by Crippen LogP contribution is -2.25. The highest BCUT2D eigenvalue weighted by molar-refractivity contribution is 7.09. The molecule has 1 saturated carbocycles. The Morgan fingerprint density at radius 1 is 1.60 bits per heavy atom. The number of methoxy groups -OCH3 is 1. The number of rotatable bonds is 4. The summed E-state index contributed by atoms with van der Waals surface area (Å²) in [5.41, 5.74) is 7.48. The molecule has 1 aromatic heterocycles. The van der Waals surface area contributed by atoms with Gasteiger partial charge in [0, 0.05) is 24.4 Å². The Bertz CT molecular complexity index is 361. The highest BCUT2D eigenvalue weighted by atomic mass is 32.1. The summed E-state index contributed by atoms with van der Waals surface area (Å²) in [7, 11) is 1.70. The minimum Gasteiger partial charge on any atom is -0.378 e. The maximum absolute atomic E-state index is 5.89. The van der Waals surface area contributed by atoms with Crippen LogP contribution in [0.1, 0.15) is 31.0 Å². The Hall–Kier alpha value is -0.450. The van der Waals surface area contributed by atoms with Gasteiger partial charge in [0.2, 0.25) is 0 Å². The van der Waals surface area contributed by atoms with E-state index < -0.39 is 0 Å². The fourth-order valence-corrected chi connectivity index (χ4v) is 3.18. The van der Waals surface area contributed by atoms with Gasteiger partial charge in [-0.15, -0.1) is 11.3 Å². The molecule has 1 unspecified atom stereocenters. The largest absolute Gasteiger partial charge is 0.378 e. The highest BCUT2D eigenvalue weighted by Crippen LogP contribution is 2.63. The van der Waals surface area contributed by atoms with Crippen molar-refractivity contribution in [2.75, 3.05) is 13.7 Å². The molecule has 1 fully saturated rings. The second kappa shape index (κ2) is 3.54. The first-order chi connectivity index (χ1) is 7.05. The number of hydrogen-bond donors (Lipinski definition) is 1. The lowest BCUT2D eigenvalue weighted by atomic mass is 9.93. The molecule has 1 aromatic rings. The third kappa shape index (κ3) is 1.61. The van der Waals surface area contributed by atoms with E-state index in [1.807, 2.05) is 0 Å². The van der Waals surface area contributed by atoms with Crippen LogP contribution in [0.4, 0.5) is 0 Å². The van der Waals surface area contributed by atoms with Crippen LogP contribution in [0.15, 0.2) is 5.38 Å². The summed E-state index contributed by atoms with van der Waals surface area (Å²) in [6.07, 6.45) is 1.15. The van der Waals surface area contributed by atoms with Crippen LogP contribution in [-0.4, -0.2) is 18.6 Å². The Morgan fingerprint density at radius 2 is 2.27 bits per heavy atom. The first-order valence-corrected chi connectivity index (χ1v) is 6.07. The van der Waals surface area contributed by atoms with Gasteiger partial charge in [0.1, 0.15) is 5.01 Å². The van der Waals surface area contributed by atoms with Gasteiger partial charge in [-0.05, 0) is 11.8 Å². The van der Waals surface area contributed by atoms with Crippen LogP contribution < -0.4 is 5.73 Å². The molecule has 15 heavy (non-hydrogen) atoms. The van der Waals surface area contributed by atoms with Gasteiger partial charge in [-0.1, -0.05) is 13.8 Å². The molecule has 0 radical (unpaired) electrons. The van der Waals surface area contributed by atoms with Crippen LogP contribution >= 0.6 is 11.3 Å². The topological polar surface area (TPSA) is 48.1 Å². The standard InChI is InChI=1S/C11H18N2OS/c1-10(2)6-11(10,7-12)8-5-15-9(13-8)4-14-3/h5H,4,6-7,12H2,1-3H3. The first kappa shape index (κ1) is 11.0. The van der Waals surface area contributed by atoms with E-state index in [0.29, 0.717) is 18.6 Å². The van der Waals surface area contributed by atoms with E-state index in [4.69, 9.17) is 10.5 Å². The Balaban J connectivity index is 2.22. The average molecular weight is 226 g/mol. The van der Waals surface area contributed by atoms with Gasteiger partial charge in [-0.2, -0.15) is 0 Å². The Morgan fingerprint density at radius 3 is 2.73 bits per heavy atom. The van der Waals surface area contributed by atoms with Crippen molar-refractivity contribution < 1.29 is 4.74 Å². The molecule has 2 N–H and O–H groups in total. The molecule has 0 aliphatic heterocycles. The minimum atomic E-state index is 0.121.